The normalized spacial score (nSPS) is 13.2. The second-order valence-corrected chi connectivity index (χ2v) is 7.36. The Morgan fingerprint density at radius 1 is 1.32 bits per heavy atom. The Hall–Kier alpha value is -1.77. The topological polar surface area (TPSA) is 72.5 Å². The molecule has 2 aromatic rings. The molecular weight excluding hydrogens is 411 g/mol. The molecule has 5 nitrogen and oxygen atoms in total. The molecule has 0 aliphatic carbocycles. The number of nitrogens with zero attached hydrogens (tertiary/aromatic N) is 1. The van der Waals surface area contributed by atoms with E-state index in [2.05, 4.69) is 21.2 Å². The van der Waals surface area contributed by atoms with Gasteiger partial charge in [0, 0.05) is 22.8 Å². The molecule has 2 atom stereocenters. The maximum Gasteiger partial charge on any atom is 0.251 e. The predicted molar refractivity (Wildman–Crippen MR) is 98.6 cm³/mol. The fourth-order valence-corrected chi connectivity index (χ4v) is 3.22. The maximum absolute atomic E-state index is 13.0. The van der Waals surface area contributed by atoms with Crippen LogP contribution in [0, 0.1) is 5.82 Å². The van der Waals surface area contributed by atoms with Crippen molar-refractivity contribution in [3.8, 4) is 0 Å². The van der Waals surface area contributed by atoms with Gasteiger partial charge in [-0.1, -0.05) is 28.1 Å². The second kappa shape index (κ2) is 8.55. The van der Waals surface area contributed by atoms with Crippen LogP contribution in [0.15, 0.2) is 46.9 Å². The number of hydrogen-bond donors (Lipinski definition) is 1. The van der Waals surface area contributed by atoms with Crippen LogP contribution < -0.4 is 10.2 Å². The van der Waals surface area contributed by atoms with Crippen LogP contribution in [-0.4, -0.2) is 27.6 Å². The number of carbonyl (C=O) groups is 1. The first-order chi connectivity index (χ1) is 11.8. The van der Waals surface area contributed by atoms with Gasteiger partial charge in [-0.2, -0.15) is 0 Å². The van der Waals surface area contributed by atoms with Crippen LogP contribution in [0.4, 0.5) is 10.1 Å². The molecule has 0 spiro atoms. The van der Waals surface area contributed by atoms with Gasteiger partial charge in [-0.15, -0.1) is 0 Å². The summed E-state index contributed by atoms with van der Waals surface area (Å²) in [6, 6.07) is 10.6. The zero-order chi connectivity index (χ0) is 18.6. The Morgan fingerprint density at radius 3 is 2.56 bits per heavy atom. The molecule has 2 aromatic carbocycles. The van der Waals surface area contributed by atoms with Crippen LogP contribution >= 0.6 is 15.9 Å². The smallest absolute Gasteiger partial charge is 0.251 e. The van der Waals surface area contributed by atoms with E-state index in [1.807, 2.05) is 0 Å². The zero-order valence-corrected chi connectivity index (χ0v) is 16.1. The van der Waals surface area contributed by atoms with Crippen molar-refractivity contribution in [2.45, 2.75) is 13.0 Å². The summed E-state index contributed by atoms with van der Waals surface area (Å²) < 4.78 is 35.4. The third-order valence-corrected chi connectivity index (χ3v) is 4.66. The molecule has 0 aliphatic rings. The molecule has 8 heteroatoms. The summed E-state index contributed by atoms with van der Waals surface area (Å²) in [6.45, 7) is 1.80. The van der Waals surface area contributed by atoms with E-state index in [9.17, 15) is 17.9 Å². The van der Waals surface area contributed by atoms with E-state index in [4.69, 9.17) is 0 Å². The Morgan fingerprint density at radius 2 is 1.96 bits per heavy atom. The number of anilines is 1. The molecule has 2 rings (SSSR count). The molecule has 0 saturated heterocycles. The van der Waals surface area contributed by atoms with Crippen molar-refractivity contribution >= 4 is 38.6 Å². The van der Waals surface area contributed by atoms with Crippen LogP contribution in [-0.2, 0) is 11.1 Å². The lowest BCUT2D eigenvalue weighted by Gasteiger charge is -2.22. The first-order valence-corrected chi connectivity index (χ1v) is 9.44. The first kappa shape index (κ1) is 19.6. The molecule has 0 bridgehead atoms. The van der Waals surface area contributed by atoms with Crippen molar-refractivity contribution in [1.29, 1.82) is 0 Å². The Bertz CT molecular complexity index is 786. The highest BCUT2D eigenvalue weighted by Crippen LogP contribution is 2.23. The minimum atomic E-state index is -2.23. The summed E-state index contributed by atoms with van der Waals surface area (Å²) in [7, 11) is 1.63. The maximum atomic E-state index is 13.0. The quantitative estimate of drug-likeness (QED) is 0.717. The highest BCUT2D eigenvalue weighted by molar-refractivity contribution is 9.10. The number of hydrogen-bond acceptors (Lipinski definition) is 4. The number of carbonyl (C=O) groups excluding carboxylic acids is 1. The highest BCUT2D eigenvalue weighted by atomic mass is 79.9. The molecule has 25 heavy (non-hydrogen) atoms. The van der Waals surface area contributed by atoms with Gasteiger partial charge in [-0.05, 0) is 53.9 Å². The fraction of sp³-hybridized carbons (Fsp3) is 0.235. The van der Waals surface area contributed by atoms with Gasteiger partial charge in [0.2, 0.25) is 0 Å². The Kier molecular flexibility index (Phi) is 6.69. The lowest BCUT2D eigenvalue weighted by atomic mass is 10.1. The van der Waals surface area contributed by atoms with Crippen molar-refractivity contribution in [1.82, 2.24) is 5.32 Å². The summed E-state index contributed by atoms with van der Waals surface area (Å²) in [5.41, 5.74) is 1.77. The number of amides is 1. The molecule has 0 heterocycles. The summed E-state index contributed by atoms with van der Waals surface area (Å²) in [5, 5.41) is 2.84. The van der Waals surface area contributed by atoms with E-state index < -0.39 is 11.1 Å². The number of nitrogens with one attached hydrogen (secondary N) is 1. The summed E-state index contributed by atoms with van der Waals surface area (Å²) in [6.07, 6.45) is 0. The van der Waals surface area contributed by atoms with Crippen LogP contribution in [0.25, 0.3) is 0 Å². The lowest BCUT2D eigenvalue weighted by molar-refractivity contribution is 0.0940. The molecule has 1 unspecified atom stereocenters. The summed E-state index contributed by atoms with van der Waals surface area (Å²) in [5.74, 6) is -0.822. The van der Waals surface area contributed by atoms with Crippen molar-refractivity contribution in [3.63, 3.8) is 0 Å². The van der Waals surface area contributed by atoms with E-state index in [1.54, 1.807) is 44.3 Å². The van der Waals surface area contributed by atoms with Crippen LogP contribution in [0.5, 0.6) is 0 Å². The fourth-order valence-electron chi connectivity index (χ4n) is 2.27. The van der Waals surface area contributed by atoms with E-state index in [1.165, 1.54) is 17.0 Å². The van der Waals surface area contributed by atoms with E-state index in [-0.39, 0.29) is 23.6 Å². The number of halogens is 2. The zero-order valence-electron chi connectivity index (χ0n) is 13.7. The minimum absolute atomic E-state index is 0.177. The number of rotatable bonds is 6. The first-order valence-electron chi connectivity index (χ1n) is 7.40. The average molecular weight is 428 g/mol. The molecule has 0 aromatic heterocycles. The van der Waals surface area contributed by atoms with Crippen molar-refractivity contribution < 1.29 is 17.9 Å². The second-order valence-electron chi connectivity index (χ2n) is 5.58. The monoisotopic (exact) mass is 427 g/mol. The van der Waals surface area contributed by atoms with Crippen molar-refractivity contribution in [2.24, 2.45) is 0 Å². The summed E-state index contributed by atoms with van der Waals surface area (Å²) in [4.78, 5) is 14.0. The largest absolute Gasteiger partial charge is 0.771 e. The van der Waals surface area contributed by atoms with Crippen LogP contribution in [0.3, 0.4) is 0 Å². The van der Waals surface area contributed by atoms with Gasteiger partial charge < -0.3 is 14.8 Å². The summed E-state index contributed by atoms with van der Waals surface area (Å²) >= 11 is 1.11. The van der Waals surface area contributed by atoms with Crippen LogP contribution in [0.1, 0.15) is 28.9 Å². The van der Waals surface area contributed by atoms with Gasteiger partial charge in [0.25, 0.3) is 5.91 Å². The molecule has 0 aliphatic heterocycles. The standard InChI is InChI=1S/C17H18BrFN2O3S/c1-11(12-3-5-15(19)6-4-12)20-17(22)13-7-14(18)9-16(8-13)21(2)10-25(23)24/h3-9,11H,10H2,1-2H3,(H,20,22)(H,23,24)/p-1/t11-/m1/s1. The molecule has 1 N–H and O–H groups in total. The predicted octanol–water partition coefficient (Wildman–Crippen LogP) is 3.35. The molecular formula is C17H17BrFN2O3S-. The van der Waals surface area contributed by atoms with Crippen molar-refractivity contribution in [2.75, 3.05) is 17.8 Å². The van der Waals surface area contributed by atoms with Gasteiger partial charge in [0.05, 0.1) is 11.9 Å². The van der Waals surface area contributed by atoms with Gasteiger partial charge in [-0.3, -0.25) is 9.00 Å². The van der Waals surface area contributed by atoms with Gasteiger partial charge in [-0.25, -0.2) is 4.39 Å². The van der Waals surface area contributed by atoms with Gasteiger partial charge in [0.1, 0.15) is 5.82 Å². The Balaban J connectivity index is 2.16. The Labute approximate surface area is 156 Å². The highest BCUT2D eigenvalue weighted by Gasteiger charge is 2.14. The van der Waals surface area contributed by atoms with Gasteiger partial charge >= 0.3 is 0 Å². The molecule has 134 valence electrons. The lowest BCUT2D eigenvalue weighted by Crippen LogP contribution is -2.27. The molecule has 0 radical (unpaired) electrons. The van der Waals surface area contributed by atoms with Gasteiger partial charge in [0.15, 0.2) is 0 Å². The molecule has 0 fully saturated rings. The van der Waals surface area contributed by atoms with Crippen molar-refractivity contribution in [3.05, 3.63) is 63.9 Å². The third-order valence-electron chi connectivity index (χ3n) is 3.60. The SMILES string of the molecule is C[C@@H](NC(=O)c1cc(Br)cc(N(C)CS(=O)[O-])c1)c1ccc(F)cc1. The van der Waals surface area contributed by atoms with Crippen LogP contribution in [0.2, 0.25) is 0 Å². The van der Waals surface area contributed by atoms with E-state index in [0.717, 1.165) is 5.56 Å². The third kappa shape index (κ3) is 5.62. The molecule has 0 saturated carbocycles. The average Bonchev–Trinajstić information content (AvgIpc) is 2.54. The van der Waals surface area contributed by atoms with E-state index in [0.29, 0.717) is 15.7 Å². The number of benzene rings is 2. The van der Waals surface area contributed by atoms with E-state index >= 15 is 0 Å². The molecule has 1 amide bonds. The minimum Gasteiger partial charge on any atom is -0.771 e.